The van der Waals surface area contributed by atoms with Crippen LogP contribution in [0.2, 0.25) is 0 Å². The molecule has 2 spiro atoms. The molecule has 4 heterocycles. The molecule has 0 N–H and O–H groups in total. The molecule has 3 fully saturated rings. The van der Waals surface area contributed by atoms with Crippen LogP contribution in [0.4, 0.5) is 0 Å². The first-order chi connectivity index (χ1) is 20.1. The number of hydrogen-bond donors (Lipinski definition) is 0. The number of oxime groups is 2. The van der Waals surface area contributed by atoms with E-state index in [4.69, 9.17) is 61.3 Å². The average molecular weight is 627 g/mol. The van der Waals surface area contributed by atoms with E-state index in [1.807, 2.05) is 0 Å². The van der Waals surface area contributed by atoms with E-state index in [9.17, 15) is 19.2 Å². The molecule has 0 aromatic rings. The summed E-state index contributed by atoms with van der Waals surface area (Å²) in [5, 5.41) is 8.93. The smallest absolute Gasteiger partial charge is 0.356 e. The molecule has 0 amide bonds. The molecule has 4 aliphatic carbocycles. The maximum absolute atomic E-state index is 13.1. The summed E-state index contributed by atoms with van der Waals surface area (Å²) >= 11 is 13.8. The van der Waals surface area contributed by atoms with Gasteiger partial charge < -0.3 is 38.1 Å². The van der Waals surface area contributed by atoms with E-state index in [2.05, 4.69) is 10.3 Å². The molecule has 14 nitrogen and oxygen atoms in total. The number of esters is 4. The molecule has 8 rings (SSSR count). The third-order valence-corrected chi connectivity index (χ3v) is 10.5. The zero-order chi connectivity index (χ0) is 29.9. The molecule has 4 unspecified atom stereocenters. The molecule has 2 saturated heterocycles. The molecule has 0 aromatic heterocycles. The van der Waals surface area contributed by atoms with Gasteiger partial charge in [-0.1, -0.05) is 39.6 Å². The highest BCUT2D eigenvalue weighted by Crippen LogP contribution is 2.71. The molecule has 2 bridgehead atoms. The quantitative estimate of drug-likeness (QED) is 0.312. The van der Waals surface area contributed by atoms with Gasteiger partial charge >= 0.3 is 23.9 Å². The molecule has 16 heteroatoms. The van der Waals surface area contributed by atoms with Crippen molar-refractivity contribution in [2.45, 2.75) is 35.6 Å². The summed E-state index contributed by atoms with van der Waals surface area (Å²) in [6, 6.07) is 0. The Bertz CT molecular complexity index is 1440. The van der Waals surface area contributed by atoms with Crippen molar-refractivity contribution < 1.29 is 57.3 Å². The van der Waals surface area contributed by atoms with E-state index in [0.717, 1.165) is 0 Å². The van der Waals surface area contributed by atoms with Gasteiger partial charge in [0.15, 0.2) is 34.8 Å². The Morgan fingerprint density at radius 2 is 1.26 bits per heavy atom. The standard InChI is InChI=1S/C26H24Cl2N2O12/c1-35-21(31)16-14-19(24(34)38-4)40-20-12-8(27)5-7(25(14,20)41-29-16)13-11(12)9(28)6-10-26(13)15(18(39-10)23(33)37-3)17(30-42-26)22(32)36-2/h5-7,10-15,18-20H,1-4H3/t7?,10-,11+,12?,13-,14+,15+,18+,19+,20-,25?,26?/m1/s1. The third-order valence-electron chi connectivity index (χ3n) is 9.72. The number of methoxy groups -OCH3 is 4. The fraction of sp³-hybridized carbons (Fsp3) is 0.615. The van der Waals surface area contributed by atoms with Gasteiger partial charge in [0.25, 0.3) is 0 Å². The lowest BCUT2D eigenvalue weighted by atomic mass is 9.45. The maximum Gasteiger partial charge on any atom is 0.356 e. The Morgan fingerprint density at radius 1 is 0.738 bits per heavy atom. The molecule has 0 aromatic carbocycles. The first kappa shape index (κ1) is 27.6. The second kappa shape index (κ2) is 9.15. The van der Waals surface area contributed by atoms with Crippen molar-refractivity contribution in [2.75, 3.05) is 28.4 Å². The molecule has 8 aliphatic rings. The molecule has 224 valence electrons. The highest BCUT2D eigenvalue weighted by Gasteiger charge is 2.84. The highest BCUT2D eigenvalue weighted by molar-refractivity contribution is 6.39. The van der Waals surface area contributed by atoms with Crippen LogP contribution in [0.1, 0.15) is 0 Å². The molecule has 4 aliphatic heterocycles. The van der Waals surface area contributed by atoms with Crippen LogP contribution in [0.25, 0.3) is 0 Å². The van der Waals surface area contributed by atoms with E-state index in [0.29, 0.717) is 10.1 Å². The monoisotopic (exact) mass is 626 g/mol. The number of allylic oxidation sites excluding steroid dienone is 1. The number of rotatable bonds is 4. The lowest BCUT2D eigenvalue weighted by Crippen LogP contribution is -2.72. The van der Waals surface area contributed by atoms with E-state index < -0.39 is 95.0 Å². The summed E-state index contributed by atoms with van der Waals surface area (Å²) in [5.74, 6) is -8.24. The van der Waals surface area contributed by atoms with Crippen LogP contribution in [-0.2, 0) is 57.3 Å². The number of hydrogen-bond acceptors (Lipinski definition) is 14. The molecule has 42 heavy (non-hydrogen) atoms. The zero-order valence-electron chi connectivity index (χ0n) is 22.5. The molecule has 12 atom stereocenters. The van der Waals surface area contributed by atoms with Crippen molar-refractivity contribution in [3.05, 3.63) is 22.2 Å². The second-order valence-corrected chi connectivity index (χ2v) is 11.9. The molecule has 0 radical (unpaired) electrons. The van der Waals surface area contributed by atoms with Crippen molar-refractivity contribution in [3.63, 3.8) is 0 Å². The topological polar surface area (TPSA) is 167 Å². The first-order valence-electron chi connectivity index (χ1n) is 13.0. The minimum atomic E-state index is -1.51. The summed E-state index contributed by atoms with van der Waals surface area (Å²) in [6.07, 6.45) is -1.18. The third kappa shape index (κ3) is 3.03. The van der Waals surface area contributed by atoms with Crippen LogP contribution >= 0.6 is 23.2 Å². The van der Waals surface area contributed by atoms with Gasteiger partial charge in [-0.25, -0.2) is 19.2 Å². The van der Waals surface area contributed by atoms with Crippen molar-refractivity contribution in [1.29, 1.82) is 0 Å². The van der Waals surface area contributed by atoms with E-state index in [1.165, 1.54) is 28.4 Å². The van der Waals surface area contributed by atoms with Crippen molar-refractivity contribution in [1.82, 2.24) is 0 Å². The van der Waals surface area contributed by atoms with Gasteiger partial charge in [-0.3, -0.25) is 0 Å². The summed E-state index contributed by atoms with van der Waals surface area (Å²) in [4.78, 5) is 64.2. The normalized spacial score (nSPS) is 44.8. The second-order valence-electron chi connectivity index (χ2n) is 11.0. The van der Waals surface area contributed by atoms with Gasteiger partial charge in [0, 0.05) is 33.7 Å². The number of nitrogens with zero attached hydrogens (tertiary/aromatic N) is 2. The van der Waals surface area contributed by atoms with Crippen molar-refractivity contribution in [3.8, 4) is 0 Å². The maximum atomic E-state index is 13.1. The predicted octanol–water partition coefficient (Wildman–Crippen LogP) is 0.447. The number of ether oxygens (including phenoxy) is 6. The van der Waals surface area contributed by atoms with Gasteiger partial charge in [-0.05, 0) is 6.08 Å². The molecule has 1 saturated carbocycles. The summed E-state index contributed by atoms with van der Waals surface area (Å²) in [7, 11) is 4.74. The van der Waals surface area contributed by atoms with Crippen LogP contribution in [0.3, 0.4) is 0 Å². The summed E-state index contributed by atoms with van der Waals surface area (Å²) < 4.78 is 32.5. The van der Waals surface area contributed by atoms with E-state index in [1.54, 1.807) is 12.2 Å². The molecular weight excluding hydrogens is 603 g/mol. The summed E-state index contributed by atoms with van der Waals surface area (Å²) in [6.45, 7) is 0. The predicted molar refractivity (Wildman–Crippen MR) is 137 cm³/mol. The number of carbonyl (C=O) groups is 4. The van der Waals surface area contributed by atoms with Crippen LogP contribution in [0.5, 0.6) is 0 Å². The van der Waals surface area contributed by atoms with Gasteiger partial charge in [-0.2, -0.15) is 0 Å². The van der Waals surface area contributed by atoms with Gasteiger partial charge in [0.05, 0.1) is 40.3 Å². The summed E-state index contributed by atoms with van der Waals surface area (Å²) in [5.41, 5.74) is -3.32. The van der Waals surface area contributed by atoms with Crippen LogP contribution in [-0.4, -0.2) is 99.4 Å². The Kier molecular flexibility index (Phi) is 6.02. The lowest BCUT2D eigenvalue weighted by Gasteiger charge is -2.61. The van der Waals surface area contributed by atoms with Crippen molar-refractivity contribution in [2.24, 2.45) is 45.8 Å². The van der Waals surface area contributed by atoms with Crippen LogP contribution in [0.15, 0.2) is 32.5 Å². The fourth-order valence-electron chi connectivity index (χ4n) is 8.33. The Morgan fingerprint density at radius 3 is 1.83 bits per heavy atom. The number of carbonyl (C=O) groups excluding carboxylic acids is 4. The van der Waals surface area contributed by atoms with Gasteiger partial charge in [0.2, 0.25) is 0 Å². The van der Waals surface area contributed by atoms with E-state index >= 15 is 0 Å². The fourth-order valence-corrected chi connectivity index (χ4v) is 9.10. The van der Waals surface area contributed by atoms with Crippen LogP contribution < -0.4 is 0 Å². The van der Waals surface area contributed by atoms with Crippen molar-refractivity contribution >= 4 is 58.5 Å². The minimum Gasteiger partial charge on any atom is -0.467 e. The largest absolute Gasteiger partial charge is 0.467 e. The SMILES string of the molecule is COC(=O)C1=NOC23C4C=C(Cl)C([C@H]2O[C@H](C(=O)OC)[C@H]13)[C@@H]1C(Cl)=C[C@H]2O[C@H](C(=O)OC)[C@@H]3C(C(=O)OC)=NOC23[C@H]41. The lowest BCUT2D eigenvalue weighted by molar-refractivity contribution is -0.231. The van der Waals surface area contributed by atoms with Gasteiger partial charge in [0.1, 0.15) is 12.2 Å². The van der Waals surface area contributed by atoms with E-state index in [-0.39, 0.29) is 11.4 Å². The molecular formula is C26H24Cl2N2O12. The number of halogens is 2. The Hall–Kier alpha value is -3.20. The minimum absolute atomic E-state index is 0.166. The average Bonchev–Trinajstić information content (AvgIpc) is 3.73. The first-order valence-corrected chi connectivity index (χ1v) is 13.8. The zero-order valence-corrected chi connectivity index (χ0v) is 24.0. The van der Waals surface area contributed by atoms with Crippen LogP contribution in [0, 0.1) is 35.5 Å². The highest BCUT2D eigenvalue weighted by atomic mass is 35.5. The van der Waals surface area contributed by atoms with Gasteiger partial charge in [-0.15, -0.1) is 0 Å². The Labute approximate surface area is 247 Å². The Balaban J connectivity index is 1.43.